The summed E-state index contributed by atoms with van der Waals surface area (Å²) in [4.78, 5) is 38.1. The highest BCUT2D eigenvalue weighted by Gasteiger charge is 2.27. The number of hydrogen-bond acceptors (Lipinski definition) is 6. The van der Waals surface area contributed by atoms with Gasteiger partial charge in [0, 0.05) is 30.6 Å². The smallest absolute Gasteiger partial charge is 0.343 e. The van der Waals surface area contributed by atoms with Crippen LogP contribution < -0.4 is 4.74 Å². The van der Waals surface area contributed by atoms with Crippen LogP contribution in [0.25, 0.3) is 6.08 Å². The van der Waals surface area contributed by atoms with E-state index in [4.69, 9.17) is 4.74 Å². The number of benzene rings is 1. The molecule has 0 fully saturated rings. The third kappa shape index (κ3) is 3.06. The monoisotopic (exact) mass is 341 g/mol. The Balaban J connectivity index is 1.95. The molecule has 0 radical (unpaired) electrons. The van der Waals surface area contributed by atoms with Gasteiger partial charge in [0.05, 0.1) is 6.54 Å². The second kappa shape index (κ2) is 6.31. The van der Waals surface area contributed by atoms with Gasteiger partial charge in [-0.05, 0) is 35.6 Å². The van der Waals surface area contributed by atoms with E-state index in [2.05, 4.69) is 4.98 Å². The molecule has 1 aromatic carbocycles. The Kier molecular flexibility index (Phi) is 4.18. The minimum Gasteiger partial charge on any atom is -0.427 e. The molecule has 0 atom stereocenters. The molecule has 0 saturated heterocycles. The quantitative estimate of drug-likeness (QED) is 0.278. The largest absolute Gasteiger partial charge is 0.427 e. The zero-order valence-electron chi connectivity index (χ0n) is 13.7. The highest BCUT2D eigenvalue weighted by molar-refractivity contribution is 6.15. The highest BCUT2D eigenvalue weighted by Crippen LogP contribution is 2.31. The number of nitrogens with zero attached hydrogens (tertiary/aromatic N) is 3. The van der Waals surface area contributed by atoms with Crippen molar-refractivity contribution >= 4 is 23.6 Å². The van der Waals surface area contributed by atoms with Crippen LogP contribution in [0, 0.1) is 10.1 Å². The fourth-order valence-corrected chi connectivity index (χ4v) is 2.86. The van der Waals surface area contributed by atoms with E-state index in [1.54, 1.807) is 31.2 Å². The van der Waals surface area contributed by atoms with E-state index in [-0.39, 0.29) is 11.6 Å². The van der Waals surface area contributed by atoms with Crippen molar-refractivity contribution in [2.45, 2.75) is 26.8 Å². The number of ketones is 1. The Labute approximate surface area is 142 Å². The number of carbonyl (C=O) groups is 2. The van der Waals surface area contributed by atoms with Crippen LogP contribution in [0.1, 0.15) is 35.6 Å². The van der Waals surface area contributed by atoms with E-state index in [1.165, 1.54) is 17.7 Å². The van der Waals surface area contributed by atoms with Crippen LogP contribution >= 0.6 is 0 Å². The van der Waals surface area contributed by atoms with Gasteiger partial charge in [-0.2, -0.15) is 0 Å². The Morgan fingerprint density at radius 3 is 2.88 bits per heavy atom. The third-order valence-corrected chi connectivity index (χ3v) is 3.93. The number of aromatic nitrogens is 2. The number of Topliss-reactive ketones (excluding diaryl/α,β-unsaturated/α-hetero) is 1. The second-order valence-electron chi connectivity index (χ2n) is 5.56. The third-order valence-electron chi connectivity index (χ3n) is 3.93. The minimum atomic E-state index is -0.505. The van der Waals surface area contributed by atoms with Crippen molar-refractivity contribution in [2.75, 3.05) is 0 Å². The molecule has 0 aliphatic heterocycles. The number of imidazole rings is 1. The molecule has 1 aliphatic rings. The van der Waals surface area contributed by atoms with E-state index in [0.717, 1.165) is 5.56 Å². The predicted molar refractivity (Wildman–Crippen MR) is 88.3 cm³/mol. The van der Waals surface area contributed by atoms with Gasteiger partial charge in [0.2, 0.25) is 5.82 Å². The van der Waals surface area contributed by atoms with E-state index in [9.17, 15) is 19.7 Å². The van der Waals surface area contributed by atoms with Gasteiger partial charge < -0.3 is 14.9 Å². The molecule has 0 saturated carbocycles. The summed E-state index contributed by atoms with van der Waals surface area (Å²) in [5, 5.41) is 11.0. The molecular formula is C17H15N3O5. The molecule has 1 aliphatic carbocycles. The van der Waals surface area contributed by atoms with E-state index >= 15 is 0 Å². The first-order valence-electron chi connectivity index (χ1n) is 7.67. The first-order valence-corrected chi connectivity index (χ1v) is 7.67. The lowest BCUT2D eigenvalue weighted by atomic mass is 10.1. The average Bonchev–Trinajstić information content (AvgIpc) is 3.08. The molecule has 1 heterocycles. The van der Waals surface area contributed by atoms with Gasteiger partial charge in [0.1, 0.15) is 11.9 Å². The molecule has 0 unspecified atom stereocenters. The topological polar surface area (TPSA) is 104 Å². The molecule has 128 valence electrons. The lowest BCUT2D eigenvalue weighted by molar-refractivity contribution is -0.392. The van der Waals surface area contributed by atoms with Crippen LogP contribution in [0.15, 0.2) is 30.0 Å². The maximum Gasteiger partial charge on any atom is 0.343 e. The molecule has 1 aromatic heterocycles. The molecule has 8 nitrogen and oxygen atoms in total. The standard InChI is InChI=1S/C17H15N3O5/c1-3-19-15(18-9-16(19)20(23)24)8-12-6-11-7-13(25-10(2)21)4-5-14(11)17(12)22/h4-5,7-9H,3,6H2,1-2H3. The number of ether oxygens (including phenoxy) is 1. The summed E-state index contributed by atoms with van der Waals surface area (Å²) in [5.41, 5.74) is 1.77. The Hall–Kier alpha value is -3.29. The molecule has 8 heteroatoms. The molecule has 25 heavy (non-hydrogen) atoms. The Morgan fingerprint density at radius 2 is 2.24 bits per heavy atom. The number of allylic oxidation sites excluding steroid dienone is 1. The summed E-state index contributed by atoms with van der Waals surface area (Å²) in [7, 11) is 0. The zero-order valence-corrected chi connectivity index (χ0v) is 13.7. The normalized spacial score (nSPS) is 14.6. The van der Waals surface area contributed by atoms with Gasteiger partial charge in [-0.15, -0.1) is 0 Å². The van der Waals surface area contributed by atoms with Crippen LogP contribution in [0.2, 0.25) is 0 Å². The summed E-state index contributed by atoms with van der Waals surface area (Å²) in [6.45, 7) is 3.45. The lowest BCUT2D eigenvalue weighted by Crippen LogP contribution is -2.04. The van der Waals surface area contributed by atoms with Gasteiger partial charge >= 0.3 is 11.8 Å². The van der Waals surface area contributed by atoms with E-state index in [0.29, 0.717) is 35.7 Å². The highest BCUT2D eigenvalue weighted by atomic mass is 16.6. The summed E-state index contributed by atoms with van der Waals surface area (Å²) in [6, 6.07) is 4.84. The number of fused-ring (bicyclic) bond motifs is 1. The lowest BCUT2D eigenvalue weighted by Gasteiger charge is -2.02. The summed E-state index contributed by atoms with van der Waals surface area (Å²) < 4.78 is 6.47. The maximum atomic E-state index is 12.5. The molecule has 0 N–H and O–H groups in total. The predicted octanol–water partition coefficient (Wildman–Crippen LogP) is 2.56. The van der Waals surface area contributed by atoms with Crippen molar-refractivity contribution < 1.29 is 19.2 Å². The summed E-state index contributed by atoms with van der Waals surface area (Å²) >= 11 is 0. The molecule has 0 amide bonds. The number of nitro groups is 1. The van der Waals surface area contributed by atoms with Gasteiger partial charge in [0.15, 0.2) is 5.78 Å². The average molecular weight is 341 g/mol. The van der Waals surface area contributed by atoms with Crippen LogP contribution in [0.5, 0.6) is 5.75 Å². The zero-order chi connectivity index (χ0) is 18.1. The van der Waals surface area contributed by atoms with Crippen LogP contribution in [-0.4, -0.2) is 26.2 Å². The van der Waals surface area contributed by atoms with Gasteiger partial charge in [-0.3, -0.25) is 9.59 Å². The van der Waals surface area contributed by atoms with Crippen molar-refractivity contribution in [2.24, 2.45) is 0 Å². The summed E-state index contributed by atoms with van der Waals surface area (Å²) in [6.07, 6.45) is 3.11. The second-order valence-corrected chi connectivity index (χ2v) is 5.56. The fourth-order valence-electron chi connectivity index (χ4n) is 2.86. The minimum absolute atomic E-state index is 0.116. The van der Waals surface area contributed by atoms with Crippen molar-refractivity contribution in [3.8, 4) is 5.75 Å². The van der Waals surface area contributed by atoms with Crippen molar-refractivity contribution in [3.05, 3.63) is 57.0 Å². The molecule has 0 bridgehead atoms. The molecule has 2 aromatic rings. The summed E-state index contributed by atoms with van der Waals surface area (Å²) in [5.74, 6) is 0.0426. The Morgan fingerprint density at radius 1 is 1.48 bits per heavy atom. The van der Waals surface area contributed by atoms with Gasteiger partial charge in [-0.25, -0.2) is 9.55 Å². The first-order chi connectivity index (χ1) is 11.9. The number of hydrogen-bond donors (Lipinski definition) is 0. The van der Waals surface area contributed by atoms with Crippen molar-refractivity contribution in [1.82, 2.24) is 9.55 Å². The van der Waals surface area contributed by atoms with E-state index < -0.39 is 10.9 Å². The van der Waals surface area contributed by atoms with Crippen molar-refractivity contribution in [3.63, 3.8) is 0 Å². The molecule has 0 spiro atoms. The van der Waals surface area contributed by atoms with Crippen LogP contribution in [-0.2, 0) is 17.8 Å². The van der Waals surface area contributed by atoms with Crippen molar-refractivity contribution in [1.29, 1.82) is 0 Å². The first kappa shape index (κ1) is 16.6. The number of carbonyl (C=O) groups excluding carboxylic acids is 2. The fraction of sp³-hybridized carbons (Fsp3) is 0.235. The maximum absolute atomic E-state index is 12.5. The number of esters is 1. The molecular weight excluding hydrogens is 326 g/mol. The SMILES string of the molecule is CCn1c([N+](=O)[O-])cnc1C=C1Cc2cc(OC(C)=O)ccc2C1=O. The van der Waals surface area contributed by atoms with Gasteiger partial charge in [0.25, 0.3) is 0 Å². The molecule has 3 rings (SSSR count). The van der Waals surface area contributed by atoms with E-state index in [1.807, 2.05) is 0 Å². The van der Waals surface area contributed by atoms with Crippen LogP contribution in [0.4, 0.5) is 5.82 Å². The Bertz CT molecular complexity index is 926. The van der Waals surface area contributed by atoms with Crippen LogP contribution in [0.3, 0.4) is 0 Å². The van der Waals surface area contributed by atoms with Gasteiger partial charge in [-0.1, -0.05) is 0 Å². The number of rotatable bonds is 4.